The maximum atomic E-state index is 6.19. The van der Waals surface area contributed by atoms with Gasteiger partial charge in [-0.1, -0.05) is 47.1 Å². The van der Waals surface area contributed by atoms with Gasteiger partial charge in [-0.15, -0.1) is 5.10 Å². The van der Waals surface area contributed by atoms with Crippen molar-refractivity contribution in [2.45, 2.75) is 13.2 Å². The highest BCUT2D eigenvalue weighted by atomic mass is 35.5. The van der Waals surface area contributed by atoms with Crippen LogP contribution in [-0.2, 0) is 18.0 Å². The summed E-state index contributed by atoms with van der Waals surface area (Å²) in [5.41, 5.74) is 5.45. The fourth-order valence-electron chi connectivity index (χ4n) is 3.65. The van der Waals surface area contributed by atoms with Crippen LogP contribution in [0.4, 0.5) is 0 Å². The van der Waals surface area contributed by atoms with Gasteiger partial charge >= 0.3 is 0 Å². The summed E-state index contributed by atoms with van der Waals surface area (Å²) >= 11 is 6.19. The standard InChI is InChI=1S/C26H21ClN4O2/c1-32-23-11-9-22(10-12-23)31-15-21(29-30-31)17-33-16-19-14-26(18-5-4-6-20(27)13-18)28-25-8-3-2-7-24(19)25/h2-15H,16-17H2,1H3. The van der Waals surface area contributed by atoms with Gasteiger partial charge in [-0.3, -0.25) is 0 Å². The van der Waals surface area contributed by atoms with Gasteiger partial charge < -0.3 is 9.47 Å². The molecular weight excluding hydrogens is 436 g/mol. The normalized spacial score (nSPS) is 11.1. The number of aromatic nitrogens is 4. The van der Waals surface area contributed by atoms with Crippen molar-refractivity contribution >= 4 is 22.5 Å². The summed E-state index contributed by atoms with van der Waals surface area (Å²) in [6.07, 6.45) is 1.86. The van der Waals surface area contributed by atoms with Crippen molar-refractivity contribution in [1.29, 1.82) is 0 Å². The zero-order chi connectivity index (χ0) is 22.6. The van der Waals surface area contributed by atoms with Crippen molar-refractivity contribution in [3.8, 4) is 22.7 Å². The molecule has 0 saturated carbocycles. The molecule has 0 aliphatic rings. The third-order valence-corrected chi connectivity index (χ3v) is 5.54. The van der Waals surface area contributed by atoms with Crippen molar-refractivity contribution in [3.63, 3.8) is 0 Å². The monoisotopic (exact) mass is 456 g/mol. The zero-order valence-corrected chi connectivity index (χ0v) is 18.7. The molecule has 6 nitrogen and oxygen atoms in total. The summed E-state index contributed by atoms with van der Waals surface area (Å²) in [6, 6.07) is 25.5. The van der Waals surface area contributed by atoms with E-state index in [2.05, 4.69) is 22.4 Å². The summed E-state index contributed by atoms with van der Waals surface area (Å²) < 4.78 is 12.9. The van der Waals surface area contributed by atoms with Crippen molar-refractivity contribution in [2.24, 2.45) is 0 Å². The molecule has 7 heteroatoms. The van der Waals surface area contributed by atoms with E-state index in [1.165, 1.54) is 0 Å². The third kappa shape index (κ3) is 4.72. The molecular formula is C26H21ClN4O2. The lowest BCUT2D eigenvalue weighted by Crippen LogP contribution is -1.98. The fourth-order valence-corrected chi connectivity index (χ4v) is 3.84. The number of fused-ring (bicyclic) bond motifs is 1. The SMILES string of the molecule is COc1ccc(-n2cc(COCc3cc(-c4cccc(Cl)c4)nc4ccccc34)nn2)cc1. The maximum absolute atomic E-state index is 6.19. The van der Waals surface area contributed by atoms with Crippen LogP contribution < -0.4 is 4.74 Å². The van der Waals surface area contributed by atoms with Gasteiger partial charge in [0.15, 0.2) is 0 Å². The molecule has 0 radical (unpaired) electrons. The lowest BCUT2D eigenvalue weighted by Gasteiger charge is -2.10. The molecule has 0 spiro atoms. The van der Waals surface area contributed by atoms with E-state index in [1.807, 2.05) is 72.9 Å². The second kappa shape index (κ2) is 9.40. The first-order chi connectivity index (χ1) is 16.2. The molecule has 0 N–H and O–H groups in total. The fraction of sp³-hybridized carbons (Fsp3) is 0.115. The number of rotatable bonds is 7. The van der Waals surface area contributed by atoms with Gasteiger partial charge in [0.25, 0.3) is 0 Å². The summed E-state index contributed by atoms with van der Waals surface area (Å²) in [5, 5.41) is 10.2. The topological polar surface area (TPSA) is 62.1 Å². The first-order valence-corrected chi connectivity index (χ1v) is 10.9. The minimum atomic E-state index is 0.347. The first-order valence-electron chi connectivity index (χ1n) is 10.5. The zero-order valence-electron chi connectivity index (χ0n) is 18.0. The number of hydrogen-bond acceptors (Lipinski definition) is 5. The van der Waals surface area contributed by atoms with Gasteiger partial charge in [0.1, 0.15) is 11.4 Å². The molecule has 164 valence electrons. The van der Waals surface area contributed by atoms with Crippen LogP contribution in [0.5, 0.6) is 5.75 Å². The van der Waals surface area contributed by atoms with E-state index >= 15 is 0 Å². The molecule has 33 heavy (non-hydrogen) atoms. The van der Waals surface area contributed by atoms with Gasteiger partial charge in [-0.25, -0.2) is 9.67 Å². The Labute approximate surface area is 196 Å². The number of nitrogens with zero attached hydrogens (tertiary/aromatic N) is 4. The average Bonchev–Trinajstić information content (AvgIpc) is 3.33. The number of ether oxygens (including phenoxy) is 2. The Kier molecular flexibility index (Phi) is 6.02. The Bertz CT molecular complexity index is 1400. The molecule has 0 fully saturated rings. The molecule has 0 saturated heterocycles. The van der Waals surface area contributed by atoms with Crippen molar-refractivity contribution < 1.29 is 9.47 Å². The summed E-state index contributed by atoms with van der Waals surface area (Å²) in [7, 11) is 1.64. The summed E-state index contributed by atoms with van der Waals surface area (Å²) in [4.78, 5) is 4.81. The molecule has 5 rings (SSSR count). The van der Waals surface area contributed by atoms with E-state index in [-0.39, 0.29) is 0 Å². The smallest absolute Gasteiger partial charge is 0.119 e. The molecule has 0 aliphatic heterocycles. The quantitative estimate of drug-likeness (QED) is 0.307. The Morgan fingerprint density at radius 3 is 2.58 bits per heavy atom. The van der Waals surface area contributed by atoms with Crippen LogP contribution >= 0.6 is 11.6 Å². The highest BCUT2D eigenvalue weighted by Gasteiger charge is 2.10. The minimum absolute atomic E-state index is 0.347. The molecule has 0 unspecified atom stereocenters. The number of pyridine rings is 1. The molecule has 3 aromatic carbocycles. The van der Waals surface area contributed by atoms with E-state index in [0.717, 1.165) is 44.9 Å². The van der Waals surface area contributed by atoms with Crippen LogP contribution in [0.2, 0.25) is 5.02 Å². The molecule has 0 atom stereocenters. The molecule has 5 aromatic rings. The largest absolute Gasteiger partial charge is 0.497 e. The van der Waals surface area contributed by atoms with Gasteiger partial charge in [-0.2, -0.15) is 0 Å². The number of halogens is 1. The average molecular weight is 457 g/mol. The predicted molar refractivity (Wildman–Crippen MR) is 129 cm³/mol. The van der Waals surface area contributed by atoms with E-state index in [0.29, 0.717) is 18.2 Å². The predicted octanol–water partition coefficient (Wildman–Crippen LogP) is 5.86. The van der Waals surface area contributed by atoms with Gasteiger partial charge in [0, 0.05) is 16.0 Å². The third-order valence-electron chi connectivity index (χ3n) is 5.31. The number of benzene rings is 3. The van der Waals surface area contributed by atoms with Crippen LogP contribution in [0.3, 0.4) is 0 Å². The van der Waals surface area contributed by atoms with E-state index in [9.17, 15) is 0 Å². The Hall–Kier alpha value is -3.74. The Balaban J connectivity index is 1.34. The van der Waals surface area contributed by atoms with Crippen LogP contribution in [-0.4, -0.2) is 27.1 Å². The Morgan fingerprint density at radius 2 is 1.76 bits per heavy atom. The molecule has 0 bridgehead atoms. The van der Waals surface area contributed by atoms with Crippen molar-refractivity contribution in [2.75, 3.05) is 7.11 Å². The second-order valence-electron chi connectivity index (χ2n) is 7.54. The lowest BCUT2D eigenvalue weighted by atomic mass is 10.0. The molecule has 2 heterocycles. The van der Waals surface area contributed by atoms with Crippen LogP contribution in [0, 0.1) is 0 Å². The number of hydrogen-bond donors (Lipinski definition) is 0. The molecule has 0 amide bonds. The Morgan fingerprint density at radius 1 is 0.909 bits per heavy atom. The van der Waals surface area contributed by atoms with Crippen molar-refractivity contribution in [3.05, 3.63) is 101 Å². The van der Waals surface area contributed by atoms with Crippen molar-refractivity contribution in [1.82, 2.24) is 20.0 Å². The highest BCUT2D eigenvalue weighted by Crippen LogP contribution is 2.27. The van der Waals surface area contributed by atoms with Crippen LogP contribution in [0.25, 0.3) is 27.8 Å². The number of para-hydroxylation sites is 1. The van der Waals surface area contributed by atoms with E-state index in [1.54, 1.807) is 11.8 Å². The van der Waals surface area contributed by atoms with Gasteiger partial charge in [-0.05, 0) is 54.1 Å². The summed E-state index contributed by atoms with van der Waals surface area (Å²) in [5.74, 6) is 0.796. The minimum Gasteiger partial charge on any atom is -0.497 e. The molecule has 2 aromatic heterocycles. The van der Waals surface area contributed by atoms with Gasteiger partial charge in [0.05, 0.1) is 43.4 Å². The molecule has 0 aliphatic carbocycles. The number of methoxy groups -OCH3 is 1. The second-order valence-corrected chi connectivity index (χ2v) is 7.98. The van der Waals surface area contributed by atoms with Crippen LogP contribution in [0.15, 0.2) is 85.1 Å². The highest BCUT2D eigenvalue weighted by molar-refractivity contribution is 6.30. The maximum Gasteiger partial charge on any atom is 0.119 e. The lowest BCUT2D eigenvalue weighted by molar-refractivity contribution is 0.105. The van der Waals surface area contributed by atoms with E-state index in [4.69, 9.17) is 26.1 Å². The summed E-state index contributed by atoms with van der Waals surface area (Å²) in [6.45, 7) is 0.769. The van der Waals surface area contributed by atoms with Gasteiger partial charge in [0.2, 0.25) is 0 Å². The first kappa shape index (κ1) is 21.1. The van der Waals surface area contributed by atoms with E-state index < -0.39 is 0 Å². The van der Waals surface area contributed by atoms with Crippen LogP contribution in [0.1, 0.15) is 11.3 Å².